The van der Waals surface area contributed by atoms with Gasteiger partial charge in [-0.2, -0.15) is 8.42 Å². The molecule has 0 bridgehead atoms. The minimum Gasteiger partial charge on any atom is -0.303 e. The maximum atomic E-state index is 11.9. The molecule has 1 rings (SSSR count). The molecule has 9 heteroatoms. The molecule has 0 spiro atoms. The monoisotopic (exact) mass is 424 g/mol. The van der Waals surface area contributed by atoms with E-state index in [1.54, 1.807) is 30.3 Å². The first-order valence-corrected chi connectivity index (χ1v) is 12.4. The molecular weight excluding hydrogens is 391 g/mol. The van der Waals surface area contributed by atoms with Gasteiger partial charge in [-0.25, -0.2) is 4.57 Å². The van der Waals surface area contributed by atoms with Crippen molar-refractivity contribution in [2.24, 2.45) is 0 Å². The van der Waals surface area contributed by atoms with E-state index in [9.17, 15) is 8.42 Å². The highest BCUT2D eigenvalue weighted by Crippen LogP contribution is 2.25. The summed E-state index contributed by atoms with van der Waals surface area (Å²) in [5, 5.41) is 0. The summed E-state index contributed by atoms with van der Waals surface area (Å²) in [6, 6.07) is 8.33. The van der Waals surface area contributed by atoms with E-state index in [2.05, 4.69) is 6.92 Å². The van der Waals surface area contributed by atoms with Crippen molar-refractivity contribution in [3.05, 3.63) is 30.3 Å². The Balaban J connectivity index is 0.00000119. The van der Waals surface area contributed by atoms with Crippen LogP contribution in [0.2, 0.25) is 0 Å². The van der Waals surface area contributed by atoms with Crippen LogP contribution in [0.1, 0.15) is 71.1 Å². The van der Waals surface area contributed by atoms with Gasteiger partial charge < -0.3 is 14.7 Å². The van der Waals surface area contributed by atoms with E-state index in [-0.39, 0.29) is 11.5 Å². The van der Waals surface area contributed by atoms with Gasteiger partial charge in [-0.3, -0.25) is 4.18 Å². The second-order valence-corrected chi connectivity index (χ2v) is 8.93. The molecule has 0 radical (unpaired) electrons. The van der Waals surface area contributed by atoms with Gasteiger partial charge in [0.2, 0.25) is 0 Å². The van der Waals surface area contributed by atoms with Crippen LogP contribution in [0.5, 0.6) is 0 Å². The lowest BCUT2D eigenvalue weighted by atomic mass is 10.1. The SMILES string of the molecule is CCCCCCCCCCCCOS(=O)(=O)c1ccccc1.O=P(O)(O)O. The molecule has 0 atom stereocenters. The Bertz CT molecular complexity index is 606. The number of hydrogen-bond acceptors (Lipinski definition) is 4. The van der Waals surface area contributed by atoms with Gasteiger partial charge in [0.1, 0.15) is 0 Å². The van der Waals surface area contributed by atoms with Crippen LogP contribution >= 0.6 is 7.82 Å². The van der Waals surface area contributed by atoms with E-state index in [1.807, 2.05) is 0 Å². The quantitative estimate of drug-likeness (QED) is 0.244. The van der Waals surface area contributed by atoms with Crippen LogP contribution in [0.3, 0.4) is 0 Å². The van der Waals surface area contributed by atoms with E-state index < -0.39 is 17.9 Å². The van der Waals surface area contributed by atoms with Crippen LogP contribution in [0, 0.1) is 0 Å². The predicted molar refractivity (Wildman–Crippen MR) is 106 cm³/mol. The molecule has 0 aromatic heterocycles. The first-order chi connectivity index (χ1) is 12.7. The number of phosphoric acid groups is 1. The van der Waals surface area contributed by atoms with E-state index in [4.69, 9.17) is 23.4 Å². The van der Waals surface area contributed by atoms with Gasteiger partial charge in [0.05, 0.1) is 11.5 Å². The minimum absolute atomic E-state index is 0.238. The van der Waals surface area contributed by atoms with Crippen molar-refractivity contribution in [1.82, 2.24) is 0 Å². The summed E-state index contributed by atoms with van der Waals surface area (Å²) in [6.45, 7) is 2.52. The third-order valence-electron chi connectivity index (χ3n) is 3.77. The third-order valence-corrected chi connectivity index (χ3v) is 5.09. The fourth-order valence-electron chi connectivity index (χ4n) is 2.41. The zero-order valence-electron chi connectivity index (χ0n) is 16.0. The zero-order chi connectivity index (χ0) is 20.6. The summed E-state index contributed by atoms with van der Waals surface area (Å²) in [4.78, 5) is 21.8. The summed E-state index contributed by atoms with van der Waals surface area (Å²) in [6.07, 6.45) is 12.3. The number of unbranched alkanes of at least 4 members (excludes halogenated alkanes) is 9. The van der Waals surface area contributed by atoms with E-state index in [0.717, 1.165) is 12.8 Å². The van der Waals surface area contributed by atoms with Crippen molar-refractivity contribution < 1.29 is 31.8 Å². The molecule has 7 nitrogen and oxygen atoms in total. The van der Waals surface area contributed by atoms with Crippen molar-refractivity contribution in [2.45, 2.75) is 76.0 Å². The number of hydrogen-bond donors (Lipinski definition) is 3. The highest BCUT2D eigenvalue weighted by atomic mass is 32.2. The van der Waals surface area contributed by atoms with Gasteiger partial charge in [-0.05, 0) is 18.6 Å². The second-order valence-electron chi connectivity index (χ2n) is 6.28. The van der Waals surface area contributed by atoms with Crippen LogP contribution in [-0.4, -0.2) is 29.7 Å². The largest absolute Gasteiger partial charge is 0.466 e. The highest BCUT2D eigenvalue weighted by molar-refractivity contribution is 7.86. The fraction of sp³-hybridized carbons (Fsp3) is 0.667. The Hall–Kier alpha value is -0.760. The lowest BCUT2D eigenvalue weighted by Crippen LogP contribution is -2.07. The lowest BCUT2D eigenvalue weighted by molar-refractivity contribution is 0.275. The molecule has 3 N–H and O–H groups in total. The number of benzene rings is 1. The maximum Gasteiger partial charge on any atom is 0.466 e. The average Bonchev–Trinajstić information content (AvgIpc) is 2.59. The van der Waals surface area contributed by atoms with Crippen molar-refractivity contribution in [3.63, 3.8) is 0 Å². The van der Waals surface area contributed by atoms with Gasteiger partial charge in [-0.1, -0.05) is 82.9 Å². The topological polar surface area (TPSA) is 121 Å². The smallest absolute Gasteiger partial charge is 0.303 e. The molecule has 158 valence electrons. The van der Waals surface area contributed by atoms with E-state index in [0.29, 0.717) is 0 Å². The van der Waals surface area contributed by atoms with Gasteiger partial charge in [0.25, 0.3) is 10.1 Å². The van der Waals surface area contributed by atoms with Crippen LogP contribution < -0.4 is 0 Å². The Morgan fingerprint density at radius 3 is 1.67 bits per heavy atom. The first-order valence-electron chi connectivity index (χ1n) is 9.39. The molecule has 1 aromatic rings. The van der Waals surface area contributed by atoms with E-state index >= 15 is 0 Å². The minimum atomic E-state index is -4.64. The summed E-state index contributed by atoms with van der Waals surface area (Å²) >= 11 is 0. The van der Waals surface area contributed by atoms with Crippen LogP contribution in [0.15, 0.2) is 35.2 Å². The van der Waals surface area contributed by atoms with Crippen LogP contribution in [0.25, 0.3) is 0 Å². The zero-order valence-corrected chi connectivity index (χ0v) is 17.7. The number of rotatable bonds is 13. The van der Waals surface area contributed by atoms with Crippen LogP contribution in [0.4, 0.5) is 0 Å². The van der Waals surface area contributed by atoms with Crippen molar-refractivity contribution in [3.8, 4) is 0 Å². The van der Waals surface area contributed by atoms with Gasteiger partial charge in [0.15, 0.2) is 0 Å². The molecule has 0 aliphatic carbocycles. The molecular formula is C18H33O7PS. The molecule has 27 heavy (non-hydrogen) atoms. The summed E-state index contributed by atoms with van der Waals surface area (Å²) in [5.74, 6) is 0. The Kier molecular flexibility index (Phi) is 14.8. The summed E-state index contributed by atoms with van der Waals surface area (Å²) < 4.78 is 37.7. The van der Waals surface area contributed by atoms with E-state index in [1.165, 1.54) is 51.4 Å². The summed E-state index contributed by atoms with van der Waals surface area (Å²) in [7, 11) is -8.21. The molecule has 0 heterocycles. The molecule has 0 saturated carbocycles. The molecule has 0 amide bonds. The lowest BCUT2D eigenvalue weighted by Gasteiger charge is -2.05. The predicted octanol–water partition coefficient (Wildman–Crippen LogP) is 4.38. The molecule has 0 aliphatic rings. The van der Waals surface area contributed by atoms with Gasteiger partial charge >= 0.3 is 7.82 Å². The van der Waals surface area contributed by atoms with Crippen molar-refractivity contribution >= 4 is 17.9 Å². The first kappa shape index (κ1) is 26.2. The molecule has 0 saturated heterocycles. The highest BCUT2D eigenvalue weighted by Gasteiger charge is 2.13. The maximum absolute atomic E-state index is 11.9. The molecule has 1 aromatic carbocycles. The normalized spacial score (nSPS) is 11.7. The Morgan fingerprint density at radius 1 is 0.815 bits per heavy atom. The van der Waals surface area contributed by atoms with Crippen molar-refractivity contribution in [2.75, 3.05) is 6.61 Å². The molecule has 0 unspecified atom stereocenters. The fourth-order valence-corrected chi connectivity index (χ4v) is 3.38. The van der Waals surface area contributed by atoms with Gasteiger partial charge in [-0.15, -0.1) is 0 Å². The standard InChI is InChI=1S/C18H30O3S.H3O4P/c1-2-3-4-5-6-7-8-9-10-14-17-21-22(19,20)18-15-12-11-13-16-18;1-5(2,3)4/h11-13,15-16H,2-10,14,17H2,1H3;(H3,1,2,3,4). The average molecular weight is 424 g/mol. The third kappa shape index (κ3) is 18.4. The second kappa shape index (κ2) is 15.2. The molecule has 0 aliphatic heterocycles. The Morgan fingerprint density at radius 2 is 1.22 bits per heavy atom. The summed E-state index contributed by atoms with van der Waals surface area (Å²) in [5.41, 5.74) is 0. The molecule has 0 fully saturated rings. The van der Waals surface area contributed by atoms with Gasteiger partial charge in [0, 0.05) is 0 Å². The Labute approximate surface area is 163 Å². The van der Waals surface area contributed by atoms with Crippen molar-refractivity contribution in [1.29, 1.82) is 0 Å². The van der Waals surface area contributed by atoms with Crippen LogP contribution in [-0.2, 0) is 18.9 Å².